The van der Waals surface area contributed by atoms with E-state index in [0.717, 1.165) is 28.2 Å². The van der Waals surface area contributed by atoms with Gasteiger partial charge in [-0.2, -0.15) is 0 Å². The third-order valence-corrected chi connectivity index (χ3v) is 7.07. The van der Waals surface area contributed by atoms with Crippen LogP contribution in [0.5, 0.6) is 5.75 Å². The van der Waals surface area contributed by atoms with Crippen LogP contribution >= 0.6 is 23.2 Å². The summed E-state index contributed by atoms with van der Waals surface area (Å²) >= 11 is 12.5. The Balaban J connectivity index is 1.60. The topological polar surface area (TPSA) is 48.4 Å². The van der Waals surface area contributed by atoms with Crippen molar-refractivity contribution >= 4 is 51.9 Å². The van der Waals surface area contributed by atoms with E-state index in [9.17, 15) is 4.79 Å². The lowest BCUT2D eigenvalue weighted by atomic mass is 10.1. The normalized spacial score (nSPS) is 14.8. The van der Waals surface area contributed by atoms with E-state index in [0.29, 0.717) is 21.6 Å². The molecule has 4 aromatic carbocycles. The lowest BCUT2D eigenvalue weighted by molar-refractivity contribution is -0.111. The van der Waals surface area contributed by atoms with Crippen LogP contribution in [-0.4, -0.2) is 25.7 Å². The van der Waals surface area contributed by atoms with Crippen LogP contribution in [0.2, 0.25) is 10.0 Å². The molecule has 4 aromatic rings. The van der Waals surface area contributed by atoms with Crippen molar-refractivity contribution in [3.63, 3.8) is 0 Å². The molecule has 0 saturated heterocycles. The number of ketones is 1. The highest BCUT2D eigenvalue weighted by Crippen LogP contribution is 2.42. The zero-order chi connectivity index (χ0) is 27.5. The molecule has 0 aromatic heterocycles. The van der Waals surface area contributed by atoms with E-state index in [1.54, 1.807) is 12.1 Å². The zero-order valence-corrected chi connectivity index (χ0v) is 23.4. The van der Waals surface area contributed by atoms with E-state index < -0.39 is 6.17 Å². The minimum absolute atomic E-state index is 0.138. The maximum Gasteiger partial charge on any atom is 0.198 e. The van der Waals surface area contributed by atoms with Gasteiger partial charge in [0.2, 0.25) is 0 Å². The first-order chi connectivity index (χ1) is 18.8. The quantitative estimate of drug-likeness (QED) is 0.223. The van der Waals surface area contributed by atoms with Crippen molar-refractivity contribution in [2.24, 2.45) is 5.10 Å². The molecule has 0 bridgehead atoms. The van der Waals surface area contributed by atoms with Crippen LogP contribution < -0.4 is 19.5 Å². The third kappa shape index (κ3) is 5.58. The average molecular weight is 559 g/mol. The van der Waals surface area contributed by atoms with Crippen LogP contribution in [0.3, 0.4) is 0 Å². The van der Waals surface area contributed by atoms with E-state index in [4.69, 9.17) is 33.0 Å². The van der Waals surface area contributed by atoms with E-state index in [2.05, 4.69) is 0 Å². The smallest absolute Gasteiger partial charge is 0.198 e. The van der Waals surface area contributed by atoms with Gasteiger partial charge in [0, 0.05) is 53.6 Å². The number of amidine groups is 1. The van der Waals surface area contributed by atoms with Crippen LogP contribution in [0.1, 0.15) is 24.2 Å². The fraction of sp³-hybridized carbons (Fsp3) is 0.161. The molecule has 0 spiro atoms. The van der Waals surface area contributed by atoms with Crippen molar-refractivity contribution in [3.05, 3.63) is 118 Å². The number of rotatable bonds is 8. The van der Waals surface area contributed by atoms with Gasteiger partial charge in [0.15, 0.2) is 17.8 Å². The maximum atomic E-state index is 13.0. The Labute approximate surface area is 238 Å². The molecular formula is C31H28Cl2N4O2. The summed E-state index contributed by atoms with van der Waals surface area (Å²) < 4.78 is 6.35. The van der Waals surface area contributed by atoms with Gasteiger partial charge in [-0.05, 0) is 54.6 Å². The first kappa shape index (κ1) is 26.6. The second kappa shape index (κ2) is 11.4. The molecule has 8 heteroatoms. The lowest BCUT2D eigenvalue weighted by Crippen LogP contribution is -2.38. The minimum atomic E-state index is -0.478. The fourth-order valence-electron chi connectivity index (χ4n) is 4.52. The van der Waals surface area contributed by atoms with Gasteiger partial charge in [-0.25, -0.2) is 5.01 Å². The third-order valence-electron chi connectivity index (χ3n) is 6.48. The van der Waals surface area contributed by atoms with Crippen LogP contribution in [0.15, 0.2) is 102 Å². The Morgan fingerprint density at radius 1 is 0.897 bits per heavy atom. The largest absolute Gasteiger partial charge is 0.488 e. The van der Waals surface area contributed by atoms with Gasteiger partial charge in [-0.3, -0.25) is 9.69 Å². The van der Waals surface area contributed by atoms with Gasteiger partial charge in [0.1, 0.15) is 12.4 Å². The number of hydrogen-bond donors (Lipinski definition) is 0. The van der Waals surface area contributed by atoms with Crippen LogP contribution in [0.4, 0.5) is 17.1 Å². The van der Waals surface area contributed by atoms with Crippen molar-refractivity contribution in [3.8, 4) is 5.75 Å². The first-order valence-corrected chi connectivity index (χ1v) is 13.2. The van der Waals surface area contributed by atoms with Crippen LogP contribution in [-0.2, 0) is 11.4 Å². The van der Waals surface area contributed by atoms with Crippen molar-refractivity contribution in [1.29, 1.82) is 0 Å². The van der Waals surface area contributed by atoms with Crippen molar-refractivity contribution in [2.45, 2.75) is 19.7 Å². The molecule has 1 heterocycles. The summed E-state index contributed by atoms with van der Waals surface area (Å²) in [5, 5.41) is 7.81. The van der Waals surface area contributed by atoms with Gasteiger partial charge < -0.3 is 9.64 Å². The number of nitrogens with zero attached hydrogens (tertiary/aromatic N) is 4. The predicted molar refractivity (Wildman–Crippen MR) is 160 cm³/mol. The fourth-order valence-corrected chi connectivity index (χ4v) is 4.98. The molecule has 0 saturated carbocycles. The van der Waals surface area contributed by atoms with Crippen molar-refractivity contribution < 1.29 is 9.53 Å². The highest BCUT2D eigenvalue weighted by atomic mass is 35.5. The van der Waals surface area contributed by atoms with E-state index in [-0.39, 0.29) is 12.4 Å². The Morgan fingerprint density at radius 3 is 2.26 bits per heavy atom. The molecule has 0 amide bonds. The Kier molecular flexibility index (Phi) is 7.77. The second-order valence-electron chi connectivity index (χ2n) is 9.38. The van der Waals surface area contributed by atoms with Gasteiger partial charge >= 0.3 is 0 Å². The highest BCUT2D eigenvalue weighted by molar-refractivity contribution is 6.44. The van der Waals surface area contributed by atoms with Gasteiger partial charge in [0.05, 0.1) is 5.69 Å². The van der Waals surface area contributed by atoms with Crippen molar-refractivity contribution in [1.82, 2.24) is 0 Å². The molecular weight excluding hydrogens is 531 g/mol. The standard InChI is InChI=1S/C31H28Cl2N4O2/c1-21(38)30-34-37(26-9-5-4-6-10-26)31(36(30)25-17-15-24(16-18-25)35(2)3)27-11-7-8-12-29(27)39-20-22-13-14-23(32)19-28(22)33/h4-19,31H,20H2,1-3H3/t31-/m0/s1. The molecule has 0 unspecified atom stereocenters. The number of anilines is 3. The van der Waals surface area contributed by atoms with Crippen LogP contribution in [0, 0.1) is 0 Å². The molecule has 1 aliphatic rings. The number of ether oxygens (including phenoxy) is 1. The number of carbonyl (C=O) groups excluding carboxylic acids is 1. The highest BCUT2D eigenvalue weighted by Gasteiger charge is 2.40. The van der Waals surface area contributed by atoms with E-state index in [1.165, 1.54) is 6.92 Å². The molecule has 0 aliphatic carbocycles. The number of hydrogen-bond acceptors (Lipinski definition) is 6. The molecule has 39 heavy (non-hydrogen) atoms. The molecule has 0 radical (unpaired) electrons. The Bertz CT molecular complexity index is 1510. The minimum Gasteiger partial charge on any atom is -0.488 e. The molecule has 1 aliphatic heterocycles. The Morgan fingerprint density at radius 2 is 1.59 bits per heavy atom. The lowest BCUT2D eigenvalue weighted by Gasteiger charge is -2.33. The molecule has 6 nitrogen and oxygen atoms in total. The van der Waals surface area contributed by atoms with E-state index in [1.807, 2.05) is 114 Å². The van der Waals surface area contributed by atoms with Gasteiger partial charge in [-0.15, -0.1) is 5.10 Å². The average Bonchev–Trinajstić information content (AvgIpc) is 3.34. The van der Waals surface area contributed by atoms with E-state index >= 15 is 0 Å². The summed E-state index contributed by atoms with van der Waals surface area (Å²) in [5.41, 5.74) is 4.42. The monoisotopic (exact) mass is 558 g/mol. The summed E-state index contributed by atoms with van der Waals surface area (Å²) in [6.07, 6.45) is -0.478. The number of halogens is 2. The number of benzene rings is 4. The molecule has 5 rings (SSSR count). The van der Waals surface area contributed by atoms with Gasteiger partial charge in [-0.1, -0.05) is 65.7 Å². The van der Waals surface area contributed by atoms with Crippen LogP contribution in [0.25, 0.3) is 0 Å². The summed E-state index contributed by atoms with van der Waals surface area (Å²) in [7, 11) is 3.99. The van der Waals surface area contributed by atoms with Crippen molar-refractivity contribution in [2.75, 3.05) is 28.9 Å². The number of para-hydroxylation sites is 2. The molecule has 1 atom stereocenters. The molecule has 198 valence electrons. The zero-order valence-electron chi connectivity index (χ0n) is 21.9. The summed E-state index contributed by atoms with van der Waals surface area (Å²) in [6, 6.07) is 31.0. The molecule has 0 fully saturated rings. The second-order valence-corrected chi connectivity index (χ2v) is 10.2. The summed E-state index contributed by atoms with van der Waals surface area (Å²) in [4.78, 5) is 17.0. The molecule has 0 N–H and O–H groups in total. The number of hydrazone groups is 1. The maximum absolute atomic E-state index is 13.0. The Hall–Kier alpha value is -4.00. The summed E-state index contributed by atoms with van der Waals surface area (Å²) in [5.74, 6) is 0.864. The SMILES string of the molecule is CC(=O)C1=NN(c2ccccc2)[C@@H](c2ccccc2OCc2ccc(Cl)cc2Cl)N1c1ccc(N(C)C)cc1. The van der Waals surface area contributed by atoms with Gasteiger partial charge in [0.25, 0.3) is 0 Å². The first-order valence-electron chi connectivity index (χ1n) is 12.5. The number of Topliss-reactive ketones (excluding diaryl/α,β-unsaturated/α-hetero) is 1. The summed E-state index contributed by atoms with van der Waals surface area (Å²) in [6.45, 7) is 1.79. The predicted octanol–water partition coefficient (Wildman–Crippen LogP) is 7.57. The number of carbonyl (C=O) groups is 1.